The smallest absolute Gasteiger partial charge is 0.224 e. The van der Waals surface area contributed by atoms with E-state index in [0.717, 1.165) is 12.8 Å². The van der Waals surface area contributed by atoms with Crippen LogP contribution in [0.3, 0.4) is 0 Å². The molecule has 0 bridgehead atoms. The predicted octanol–water partition coefficient (Wildman–Crippen LogP) is -0.400. The summed E-state index contributed by atoms with van der Waals surface area (Å²) >= 11 is 0. The Morgan fingerprint density at radius 2 is 1.92 bits per heavy atom. The van der Waals surface area contributed by atoms with E-state index in [1.54, 1.807) is 11.9 Å². The van der Waals surface area contributed by atoms with E-state index in [-0.39, 0.29) is 25.5 Å². The van der Waals surface area contributed by atoms with Gasteiger partial charge < -0.3 is 15.1 Å². The third kappa shape index (κ3) is 5.09. The molecule has 0 radical (unpaired) electrons. The monoisotopic (exact) mass is 175 g/mol. The summed E-state index contributed by atoms with van der Waals surface area (Å²) < 4.78 is 0. The van der Waals surface area contributed by atoms with Crippen LogP contribution < -0.4 is 0 Å². The summed E-state index contributed by atoms with van der Waals surface area (Å²) in [4.78, 5) is 12.6. The quantitative estimate of drug-likeness (QED) is 0.540. The molecule has 0 saturated carbocycles. The van der Waals surface area contributed by atoms with Crippen LogP contribution >= 0.6 is 0 Å². The van der Waals surface area contributed by atoms with E-state index < -0.39 is 0 Å². The molecule has 1 amide bonds. The Balaban J connectivity index is 3.42. The van der Waals surface area contributed by atoms with Crippen LogP contribution in [-0.4, -0.2) is 47.8 Å². The molecule has 2 N–H and O–H groups in total. The normalized spacial score (nSPS) is 9.92. The van der Waals surface area contributed by atoms with Gasteiger partial charge in [0.1, 0.15) is 0 Å². The molecular weight excluding hydrogens is 158 g/mol. The van der Waals surface area contributed by atoms with Crippen molar-refractivity contribution < 1.29 is 15.0 Å². The molecule has 12 heavy (non-hydrogen) atoms. The number of nitrogens with zero attached hydrogens (tertiary/aromatic N) is 1. The Hall–Kier alpha value is -0.610. The maximum Gasteiger partial charge on any atom is 0.224 e. The van der Waals surface area contributed by atoms with E-state index in [1.165, 1.54) is 0 Å². The Morgan fingerprint density at radius 3 is 2.42 bits per heavy atom. The fourth-order valence-corrected chi connectivity index (χ4v) is 0.872. The number of hydrogen-bond donors (Lipinski definition) is 2. The lowest BCUT2D eigenvalue weighted by atomic mass is 10.3. The van der Waals surface area contributed by atoms with Gasteiger partial charge in [0, 0.05) is 26.6 Å². The first-order valence-corrected chi connectivity index (χ1v) is 4.18. The fraction of sp³-hybridized carbons (Fsp3) is 0.875. The van der Waals surface area contributed by atoms with Gasteiger partial charge in [-0.3, -0.25) is 4.79 Å². The number of amides is 1. The minimum Gasteiger partial charge on any atom is -0.396 e. The zero-order valence-electron chi connectivity index (χ0n) is 7.49. The summed E-state index contributed by atoms with van der Waals surface area (Å²) in [5, 5.41) is 16.9. The second-order valence-corrected chi connectivity index (χ2v) is 2.72. The summed E-state index contributed by atoms with van der Waals surface area (Å²) in [6.07, 6.45) is 1.72. The molecule has 0 aliphatic rings. The average molecular weight is 175 g/mol. The van der Waals surface area contributed by atoms with Gasteiger partial charge in [0.25, 0.3) is 0 Å². The third-order valence-corrected chi connectivity index (χ3v) is 1.65. The molecule has 72 valence electrons. The minimum atomic E-state index is -0.0941. The molecule has 0 unspecified atom stereocenters. The van der Waals surface area contributed by atoms with E-state index in [9.17, 15) is 4.79 Å². The van der Waals surface area contributed by atoms with Crippen LogP contribution in [0, 0.1) is 0 Å². The summed E-state index contributed by atoms with van der Waals surface area (Å²) in [6, 6.07) is 0. The number of carbonyl (C=O) groups is 1. The van der Waals surface area contributed by atoms with Crippen LogP contribution in [0.2, 0.25) is 0 Å². The summed E-state index contributed by atoms with van der Waals surface area (Å²) in [6.45, 7) is 0.727. The lowest BCUT2D eigenvalue weighted by Crippen LogP contribution is -2.28. The maximum atomic E-state index is 11.0. The van der Waals surface area contributed by atoms with Crippen LogP contribution in [0.25, 0.3) is 0 Å². The number of rotatable bonds is 6. The van der Waals surface area contributed by atoms with E-state index in [4.69, 9.17) is 10.2 Å². The van der Waals surface area contributed by atoms with Crippen molar-refractivity contribution in [1.82, 2.24) is 4.90 Å². The number of hydrogen-bond acceptors (Lipinski definition) is 3. The first kappa shape index (κ1) is 11.4. The number of aliphatic hydroxyl groups excluding tert-OH is 2. The molecule has 0 saturated heterocycles. The van der Waals surface area contributed by atoms with Gasteiger partial charge in [-0.2, -0.15) is 0 Å². The Bertz CT molecular complexity index is 127. The molecule has 4 heteroatoms. The van der Waals surface area contributed by atoms with Gasteiger partial charge in [0.2, 0.25) is 5.91 Å². The highest BCUT2D eigenvalue weighted by Crippen LogP contribution is 1.94. The van der Waals surface area contributed by atoms with Gasteiger partial charge in [0.05, 0.1) is 6.61 Å². The van der Waals surface area contributed by atoms with Crippen molar-refractivity contribution >= 4 is 5.91 Å². The number of aliphatic hydroxyl groups is 2. The van der Waals surface area contributed by atoms with E-state index in [1.807, 2.05) is 0 Å². The minimum absolute atomic E-state index is 0.0459. The lowest BCUT2D eigenvalue weighted by molar-refractivity contribution is -0.130. The van der Waals surface area contributed by atoms with E-state index in [2.05, 4.69) is 0 Å². The standard InChI is InChI=1S/C8H17NO3/c1-9(5-2-3-6-10)8(12)4-7-11/h10-11H,2-7H2,1H3. The molecule has 0 aromatic rings. The number of unbranched alkanes of at least 4 members (excludes halogenated alkanes) is 1. The molecule has 0 aromatic carbocycles. The lowest BCUT2D eigenvalue weighted by Gasteiger charge is -2.15. The van der Waals surface area contributed by atoms with Crippen molar-refractivity contribution in [1.29, 1.82) is 0 Å². The zero-order valence-corrected chi connectivity index (χ0v) is 7.49. The molecule has 0 aliphatic carbocycles. The van der Waals surface area contributed by atoms with Crippen molar-refractivity contribution in [2.45, 2.75) is 19.3 Å². The highest BCUT2D eigenvalue weighted by molar-refractivity contribution is 5.75. The van der Waals surface area contributed by atoms with Crippen LogP contribution in [-0.2, 0) is 4.79 Å². The van der Waals surface area contributed by atoms with Gasteiger partial charge in [-0.25, -0.2) is 0 Å². The van der Waals surface area contributed by atoms with Gasteiger partial charge in [-0.05, 0) is 12.8 Å². The molecule has 4 nitrogen and oxygen atoms in total. The van der Waals surface area contributed by atoms with Crippen molar-refractivity contribution in [2.75, 3.05) is 26.8 Å². The largest absolute Gasteiger partial charge is 0.396 e. The zero-order chi connectivity index (χ0) is 9.40. The molecule has 0 aromatic heterocycles. The highest BCUT2D eigenvalue weighted by atomic mass is 16.3. The SMILES string of the molecule is CN(CCCCO)C(=O)CCO. The van der Waals surface area contributed by atoms with Crippen LogP contribution in [0.4, 0.5) is 0 Å². The first-order chi connectivity index (χ1) is 5.72. The second kappa shape index (κ2) is 7.06. The molecular formula is C8H17NO3. The second-order valence-electron chi connectivity index (χ2n) is 2.72. The Labute approximate surface area is 72.8 Å². The van der Waals surface area contributed by atoms with Gasteiger partial charge >= 0.3 is 0 Å². The molecule has 0 rings (SSSR count). The molecule has 0 atom stereocenters. The number of carbonyl (C=O) groups excluding carboxylic acids is 1. The van der Waals surface area contributed by atoms with E-state index >= 15 is 0 Å². The van der Waals surface area contributed by atoms with E-state index in [0.29, 0.717) is 6.54 Å². The van der Waals surface area contributed by atoms with Gasteiger partial charge in [-0.15, -0.1) is 0 Å². The van der Waals surface area contributed by atoms with Crippen LogP contribution in [0.5, 0.6) is 0 Å². The van der Waals surface area contributed by atoms with Crippen molar-refractivity contribution in [2.24, 2.45) is 0 Å². The third-order valence-electron chi connectivity index (χ3n) is 1.65. The summed E-state index contributed by atoms with van der Waals surface area (Å²) in [5.74, 6) is -0.0459. The first-order valence-electron chi connectivity index (χ1n) is 4.18. The van der Waals surface area contributed by atoms with Crippen LogP contribution in [0.15, 0.2) is 0 Å². The Morgan fingerprint density at radius 1 is 1.25 bits per heavy atom. The maximum absolute atomic E-state index is 11.0. The molecule has 0 aliphatic heterocycles. The topological polar surface area (TPSA) is 60.8 Å². The fourth-order valence-electron chi connectivity index (χ4n) is 0.872. The summed E-state index contributed by atoms with van der Waals surface area (Å²) in [5.41, 5.74) is 0. The van der Waals surface area contributed by atoms with Gasteiger partial charge in [-0.1, -0.05) is 0 Å². The molecule has 0 spiro atoms. The summed E-state index contributed by atoms with van der Waals surface area (Å²) in [7, 11) is 1.70. The average Bonchev–Trinajstić information content (AvgIpc) is 2.05. The van der Waals surface area contributed by atoms with Crippen molar-refractivity contribution in [3.05, 3.63) is 0 Å². The predicted molar refractivity (Wildman–Crippen MR) is 45.7 cm³/mol. The Kier molecular flexibility index (Phi) is 6.70. The van der Waals surface area contributed by atoms with Crippen LogP contribution in [0.1, 0.15) is 19.3 Å². The molecule has 0 heterocycles. The van der Waals surface area contributed by atoms with Crippen molar-refractivity contribution in [3.63, 3.8) is 0 Å². The highest BCUT2D eigenvalue weighted by Gasteiger charge is 2.05. The van der Waals surface area contributed by atoms with Gasteiger partial charge in [0.15, 0.2) is 0 Å². The molecule has 0 fully saturated rings. The van der Waals surface area contributed by atoms with Crippen molar-refractivity contribution in [3.8, 4) is 0 Å².